The maximum atomic E-state index is 11.9. The average molecular weight is 271 g/mol. The lowest BCUT2D eigenvalue weighted by atomic mass is 9.95. The molecule has 1 saturated heterocycles. The predicted molar refractivity (Wildman–Crippen MR) is 72.7 cm³/mol. The minimum Gasteiger partial charge on any atom is -0.389 e. The van der Waals surface area contributed by atoms with Crippen molar-refractivity contribution in [2.75, 3.05) is 33.7 Å². The first kappa shape index (κ1) is 15.8. The van der Waals surface area contributed by atoms with Gasteiger partial charge in [-0.2, -0.15) is 0 Å². The number of piperidine rings is 1. The smallest absolute Gasteiger partial charge is 0.319 e. The zero-order valence-electron chi connectivity index (χ0n) is 12.3. The summed E-state index contributed by atoms with van der Waals surface area (Å²) in [5, 5.41) is 12.3. The molecule has 6 heteroatoms. The Labute approximate surface area is 114 Å². The van der Waals surface area contributed by atoms with Crippen molar-refractivity contribution in [3.63, 3.8) is 0 Å². The summed E-state index contributed by atoms with van der Waals surface area (Å²) in [5.74, 6) is -0.0901. The lowest BCUT2D eigenvalue weighted by Crippen LogP contribution is -2.47. The van der Waals surface area contributed by atoms with Crippen LogP contribution in [0, 0.1) is 5.92 Å². The van der Waals surface area contributed by atoms with Crippen LogP contribution in [0.3, 0.4) is 0 Å². The van der Waals surface area contributed by atoms with Crippen LogP contribution in [0.1, 0.15) is 26.7 Å². The van der Waals surface area contributed by atoms with Gasteiger partial charge >= 0.3 is 6.03 Å². The van der Waals surface area contributed by atoms with Crippen molar-refractivity contribution in [3.8, 4) is 0 Å². The topological polar surface area (TPSA) is 72.9 Å². The van der Waals surface area contributed by atoms with Crippen LogP contribution >= 0.6 is 0 Å². The number of aliphatic hydroxyl groups is 1. The van der Waals surface area contributed by atoms with Crippen LogP contribution in [-0.4, -0.2) is 66.2 Å². The van der Waals surface area contributed by atoms with Gasteiger partial charge in [-0.15, -0.1) is 0 Å². The van der Waals surface area contributed by atoms with Gasteiger partial charge in [0.1, 0.15) is 0 Å². The molecule has 1 aliphatic heterocycles. The van der Waals surface area contributed by atoms with Crippen molar-refractivity contribution in [2.24, 2.45) is 5.92 Å². The highest BCUT2D eigenvalue weighted by Gasteiger charge is 2.28. The maximum absolute atomic E-state index is 11.9. The average Bonchev–Trinajstić information content (AvgIpc) is 2.34. The van der Waals surface area contributed by atoms with Gasteiger partial charge in [0.25, 0.3) is 0 Å². The lowest BCUT2D eigenvalue weighted by Gasteiger charge is -2.33. The van der Waals surface area contributed by atoms with Gasteiger partial charge in [0.15, 0.2) is 0 Å². The van der Waals surface area contributed by atoms with E-state index in [1.165, 1.54) is 0 Å². The van der Waals surface area contributed by atoms with Crippen molar-refractivity contribution in [1.29, 1.82) is 0 Å². The number of urea groups is 1. The van der Waals surface area contributed by atoms with E-state index in [0.717, 1.165) is 0 Å². The molecule has 6 nitrogen and oxygen atoms in total. The molecule has 1 aliphatic rings. The SMILES string of the molecule is CN(C)C(=O)N1CCC(C(=O)NCC(C)(C)O)CC1. The summed E-state index contributed by atoms with van der Waals surface area (Å²) in [6.45, 7) is 4.79. The van der Waals surface area contributed by atoms with Crippen LogP contribution in [-0.2, 0) is 4.79 Å². The molecule has 2 N–H and O–H groups in total. The van der Waals surface area contributed by atoms with Crippen molar-refractivity contribution in [2.45, 2.75) is 32.3 Å². The number of nitrogens with one attached hydrogen (secondary N) is 1. The second kappa shape index (κ2) is 6.23. The number of carbonyl (C=O) groups is 2. The highest BCUT2D eigenvalue weighted by Crippen LogP contribution is 2.18. The van der Waals surface area contributed by atoms with E-state index in [9.17, 15) is 14.7 Å². The first-order valence-electron chi connectivity index (χ1n) is 6.67. The molecule has 110 valence electrons. The molecular weight excluding hydrogens is 246 g/mol. The van der Waals surface area contributed by atoms with Gasteiger partial charge < -0.3 is 20.2 Å². The van der Waals surface area contributed by atoms with Gasteiger partial charge in [-0.1, -0.05) is 0 Å². The van der Waals surface area contributed by atoms with Crippen molar-refractivity contribution >= 4 is 11.9 Å². The highest BCUT2D eigenvalue weighted by molar-refractivity contribution is 5.79. The molecule has 19 heavy (non-hydrogen) atoms. The third-order valence-corrected chi connectivity index (χ3v) is 3.21. The van der Waals surface area contributed by atoms with E-state index in [1.807, 2.05) is 0 Å². The summed E-state index contributed by atoms with van der Waals surface area (Å²) in [6.07, 6.45) is 1.36. The van der Waals surface area contributed by atoms with Gasteiger partial charge in [0.05, 0.1) is 5.60 Å². The number of amides is 3. The zero-order chi connectivity index (χ0) is 14.6. The molecule has 0 aromatic carbocycles. The molecule has 0 atom stereocenters. The van der Waals surface area contributed by atoms with E-state index in [0.29, 0.717) is 25.9 Å². The summed E-state index contributed by atoms with van der Waals surface area (Å²) < 4.78 is 0. The molecule has 3 amide bonds. The molecule has 0 saturated carbocycles. The summed E-state index contributed by atoms with van der Waals surface area (Å²) >= 11 is 0. The normalized spacial score (nSPS) is 17.2. The van der Waals surface area contributed by atoms with E-state index < -0.39 is 5.60 Å². The summed E-state index contributed by atoms with van der Waals surface area (Å²) in [5.41, 5.74) is -0.892. The molecule has 0 unspecified atom stereocenters. The molecule has 0 radical (unpaired) electrons. The van der Waals surface area contributed by atoms with E-state index in [1.54, 1.807) is 37.7 Å². The van der Waals surface area contributed by atoms with Crippen LogP contribution in [0.25, 0.3) is 0 Å². The largest absolute Gasteiger partial charge is 0.389 e. The Morgan fingerprint density at radius 1 is 1.32 bits per heavy atom. The van der Waals surface area contributed by atoms with Crippen molar-refractivity contribution in [1.82, 2.24) is 15.1 Å². The first-order valence-corrected chi connectivity index (χ1v) is 6.67. The van der Waals surface area contributed by atoms with Crippen molar-refractivity contribution in [3.05, 3.63) is 0 Å². The van der Waals surface area contributed by atoms with Crippen LogP contribution < -0.4 is 5.32 Å². The Morgan fingerprint density at radius 3 is 2.26 bits per heavy atom. The molecule has 0 bridgehead atoms. The Hall–Kier alpha value is -1.30. The minimum atomic E-state index is -0.892. The quantitative estimate of drug-likeness (QED) is 0.773. The van der Waals surface area contributed by atoms with E-state index in [2.05, 4.69) is 5.32 Å². The number of rotatable bonds is 3. The molecule has 1 rings (SSSR count). The third-order valence-electron chi connectivity index (χ3n) is 3.21. The standard InChI is InChI=1S/C13H25N3O3/c1-13(2,19)9-14-11(17)10-5-7-16(8-6-10)12(18)15(3)4/h10,19H,5-9H2,1-4H3,(H,14,17). The monoisotopic (exact) mass is 271 g/mol. The van der Waals surface area contributed by atoms with Gasteiger partial charge in [0.2, 0.25) is 5.91 Å². The second-order valence-corrected chi connectivity index (χ2v) is 5.97. The Morgan fingerprint density at radius 2 is 1.84 bits per heavy atom. The number of nitrogens with zero attached hydrogens (tertiary/aromatic N) is 2. The molecular formula is C13H25N3O3. The molecule has 0 aliphatic carbocycles. The zero-order valence-corrected chi connectivity index (χ0v) is 12.3. The minimum absolute atomic E-state index is 0.00431. The fourth-order valence-electron chi connectivity index (χ4n) is 2.06. The fraction of sp³-hybridized carbons (Fsp3) is 0.846. The van der Waals surface area contributed by atoms with Crippen LogP contribution in [0.5, 0.6) is 0 Å². The van der Waals surface area contributed by atoms with E-state index in [-0.39, 0.29) is 24.4 Å². The first-order chi connectivity index (χ1) is 8.70. The maximum Gasteiger partial charge on any atom is 0.319 e. The fourth-order valence-corrected chi connectivity index (χ4v) is 2.06. The molecule has 0 aromatic heterocycles. The van der Waals surface area contributed by atoms with Crippen LogP contribution in [0.15, 0.2) is 0 Å². The Bertz CT molecular complexity index is 329. The van der Waals surface area contributed by atoms with Crippen molar-refractivity contribution < 1.29 is 14.7 Å². The summed E-state index contributed by atoms with van der Waals surface area (Å²) in [4.78, 5) is 27.0. The molecule has 1 heterocycles. The number of likely N-dealkylation sites (tertiary alicyclic amines) is 1. The highest BCUT2D eigenvalue weighted by atomic mass is 16.3. The van der Waals surface area contributed by atoms with E-state index in [4.69, 9.17) is 0 Å². The van der Waals surface area contributed by atoms with Gasteiger partial charge in [-0.25, -0.2) is 4.79 Å². The van der Waals surface area contributed by atoms with Gasteiger partial charge in [-0.3, -0.25) is 4.79 Å². The van der Waals surface area contributed by atoms with Gasteiger partial charge in [0, 0.05) is 39.6 Å². The second-order valence-electron chi connectivity index (χ2n) is 5.97. The number of carbonyl (C=O) groups excluding carboxylic acids is 2. The lowest BCUT2D eigenvalue weighted by molar-refractivity contribution is -0.127. The van der Waals surface area contributed by atoms with Crippen LogP contribution in [0.4, 0.5) is 4.79 Å². The van der Waals surface area contributed by atoms with Crippen LogP contribution in [0.2, 0.25) is 0 Å². The van der Waals surface area contributed by atoms with E-state index >= 15 is 0 Å². The Balaban J connectivity index is 2.37. The summed E-state index contributed by atoms with van der Waals surface area (Å²) in [6, 6.07) is -0.00431. The Kier molecular flexibility index (Phi) is 5.17. The predicted octanol–water partition coefficient (Wildman–Crippen LogP) is 0.267. The summed E-state index contributed by atoms with van der Waals surface area (Å²) in [7, 11) is 3.45. The number of hydrogen-bond acceptors (Lipinski definition) is 3. The van der Waals surface area contributed by atoms with Gasteiger partial charge in [-0.05, 0) is 26.7 Å². The molecule has 1 fully saturated rings. The molecule has 0 spiro atoms. The number of hydrogen-bond donors (Lipinski definition) is 2. The molecule has 0 aromatic rings. The third kappa shape index (κ3) is 5.06.